The van der Waals surface area contributed by atoms with Gasteiger partial charge in [0.25, 0.3) is 0 Å². The molecule has 15 heavy (non-hydrogen) atoms. The molecule has 1 saturated heterocycles. The minimum Gasteiger partial charge on any atom is -0.381 e. The average molecular weight is 210 g/mol. The van der Waals surface area contributed by atoms with Crippen LogP contribution in [0.5, 0.6) is 0 Å². The summed E-state index contributed by atoms with van der Waals surface area (Å²) in [5.41, 5.74) is 0. The van der Waals surface area contributed by atoms with Gasteiger partial charge in [0.1, 0.15) is 5.92 Å². The van der Waals surface area contributed by atoms with Crippen LogP contribution in [-0.4, -0.2) is 37.6 Å². The number of hydrogen-bond donors (Lipinski definition) is 0. The number of amides is 1. The van der Waals surface area contributed by atoms with Crippen molar-refractivity contribution in [3.8, 4) is 6.07 Å². The second-order valence-electron chi connectivity index (χ2n) is 4.15. The fourth-order valence-electron chi connectivity index (χ4n) is 1.81. The van der Waals surface area contributed by atoms with Gasteiger partial charge in [0.05, 0.1) is 12.7 Å². The molecule has 1 rings (SSSR count). The summed E-state index contributed by atoms with van der Waals surface area (Å²) in [6.07, 6.45) is 2.18. The van der Waals surface area contributed by atoms with Crippen LogP contribution in [0.3, 0.4) is 0 Å². The molecule has 0 aromatic rings. The van der Waals surface area contributed by atoms with Gasteiger partial charge in [0.2, 0.25) is 5.91 Å². The van der Waals surface area contributed by atoms with Crippen molar-refractivity contribution in [1.29, 1.82) is 5.26 Å². The highest BCUT2D eigenvalue weighted by Gasteiger charge is 2.21. The van der Waals surface area contributed by atoms with E-state index in [4.69, 9.17) is 10.00 Å². The van der Waals surface area contributed by atoms with E-state index in [0.717, 1.165) is 26.1 Å². The molecule has 0 aliphatic carbocycles. The Bertz CT molecular complexity index is 254. The Morgan fingerprint density at radius 1 is 1.73 bits per heavy atom. The predicted octanol–water partition coefficient (Wildman–Crippen LogP) is 1.03. The first-order valence-electron chi connectivity index (χ1n) is 5.37. The van der Waals surface area contributed by atoms with Gasteiger partial charge < -0.3 is 9.64 Å². The lowest BCUT2D eigenvalue weighted by Crippen LogP contribution is -2.37. The number of nitriles is 1. The molecule has 1 aliphatic heterocycles. The third kappa shape index (κ3) is 3.52. The maximum absolute atomic E-state index is 11.6. The third-order valence-electron chi connectivity index (χ3n) is 2.73. The van der Waals surface area contributed by atoms with E-state index in [0.29, 0.717) is 12.5 Å². The SMILES string of the molecule is CC(C#N)C(=O)N(C)CC1CCCOC1. The van der Waals surface area contributed by atoms with Crippen LogP contribution in [0.4, 0.5) is 0 Å². The first-order valence-corrected chi connectivity index (χ1v) is 5.37. The number of nitrogens with zero attached hydrogens (tertiary/aromatic N) is 2. The Morgan fingerprint density at radius 2 is 2.47 bits per heavy atom. The van der Waals surface area contributed by atoms with Crippen LogP contribution < -0.4 is 0 Å². The van der Waals surface area contributed by atoms with Gasteiger partial charge in [-0.1, -0.05) is 0 Å². The summed E-state index contributed by atoms with van der Waals surface area (Å²) >= 11 is 0. The number of hydrogen-bond acceptors (Lipinski definition) is 3. The molecule has 0 aromatic carbocycles. The Labute approximate surface area is 90.8 Å². The zero-order valence-corrected chi connectivity index (χ0v) is 9.40. The van der Waals surface area contributed by atoms with Crippen molar-refractivity contribution in [3.63, 3.8) is 0 Å². The van der Waals surface area contributed by atoms with Gasteiger partial charge in [0.15, 0.2) is 0 Å². The number of carbonyl (C=O) groups is 1. The van der Waals surface area contributed by atoms with Crippen LogP contribution in [0.2, 0.25) is 0 Å². The second kappa shape index (κ2) is 5.72. The first-order chi connectivity index (χ1) is 7.15. The van der Waals surface area contributed by atoms with Crippen molar-refractivity contribution in [2.24, 2.45) is 11.8 Å². The topological polar surface area (TPSA) is 53.3 Å². The normalized spacial score (nSPS) is 22.9. The lowest BCUT2D eigenvalue weighted by molar-refractivity contribution is -0.133. The Morgan fingerprint density at radius 3 is 3.00 bits per heavy atom. The molecule has 2 atom stereocenters. The van der Waals surface area contributed by atoms with Crippen molar-refractivity contribution in [3.05, 3.63) is 0 Å². The van der Waals surface area contributed by atoms with Crippen molar-refractivity contribution in [2.45, 2.75) is 19.8 Å². The average Bonchev–Trinajstić information content (AvgIpc) is 2.28. The Kier molecular flexibility index (Phi) is 4.57. The molecule has 0 aromatic heterocycles. The van der Waals surface area contributed by atoms with Gasteiger partial charge in [-0.3, -0.25) is 4.79 Å². The van der Waals surface area contributed by atoms with E-state index in [1.807, 2.05) is 6.07 Å². The maximum atomic E-state index is 11.6. The summed E-state index contributed by atoms with van der Waals surface area (Å²) in [5.74, 6) is -0.207. The molecule has 2 unspecified atom stereocenters. The standard InChI is InChI=1S/C11H18N2O2/c1-9(6-12)11(14)13(2)7-10-4-3-5-15-8-10/h9-10H,3-5,7-8H2,1-2H3. The molecule has 84 valence electrons. The minimum absolute atomic E-state index is 0.0944. The van der Waals surface area contributed by atoms with Crippen LogP contribution in [-0.2, 0) is 9.53 Å². The third-order valence-corrected chi connectivity index (χ3v) is 2.73. The van der Waals surface area contributed by atoms with Gasteiger partial charge in [-0.05, 0) is 25.7 Å². The smallest absolute Gasteiger partial charge is 0.239 e. The van der Waals surface area contributed by atoms with Crippen LogP contribution in [0.1, 0.15) is 19.8 Å². The lowest BCUT2D eigenvalue weighted by Gasteiger charge is -2.27. The molecular formula is C11H18N2O2. The monoisotopic (exact) mass is 210 g/mol. The zero-order chi connectivity index (χ0) is 11.3. The molecule has 1 heterocycles. The van der Waals surface area contributed by atoms with Crippen molar-refractivity contribution in [2.75, 3.05) is 26.8 Å². The van der Waals surface area contributed by atoms with Crippen molar-refractivity contribution < 1.29 is 9.53 Å². The molecule has 1 aliphatic rings. The molecule has 0 spiro atoms. The van der Waals surface area contributed by atoms with E-state index in [2.05, 4.69) is 0 Å². The molecule has 4 heteroatoms. The highest BCUT2D eigenvalue weighted by molar-refractivity contribution is 5.80. The fourth-order valence-corrected chi connectivity index (χ4v) is 1.81. The summed E-state index contributed by atoms with van der Waals surface area (Å²) < 4.78 is 5.35. The summed E-state index contributed by atoms with van der Waals surface area (Å²) in [6.45, 7) is 3.91. The molecule has 1 fully saturated rings. The van der Waals surface area contributed by atoms with Gasteiger partial charge in [-0.25, -0.2) is 0 Å². The summed E-state index contributed by atoms with van der Waals surface area (Å²) in [4.78, 5) is 13.3. The van der Waals surface area contributed by atoms with E-state index in [1.54, 1.807) is 18.9 Å². The van der Waals surface area contributed by atoms with E-state index in [9.17, 15) is 4.79 Å². The van der Waals surface area contributed by atoms with E-state index in [1.165, 1.54) is 0 Å². The van der Waals surface area contributed by atoms with Gasteiger partial charge in [-0.2, -0.15) is 5.26 Å². The summed E-state index contributed by atoms with van der Waals surface area (Å²) in [6, 6.07) is 1.96. The molecule has 0 saturated carbocycles. The molecular weight excluding hydrogens is 192 g/mol. The van der Waals surface area contributed by atoms with Crippen LogP contribution in [0.25, 0.3) is 0 Å². The molecule has 0 N–H and O–H groups in total. The first kappa shape index (κ1) is 12.0. The van der Waals surface area contributed by atoms with Crippen molar-refractivity contribution in [1.82, 2.24) is 4.90 Å². The minimum atomic E-state index is -0.542. The van der Waals surface area contributed by atoms with E-state index >= 15 is 0 Å². The number of carbonyl (C=O) groups excluding carboxylic acids is 1. The van der Waals surface area contributed by atoms with Crippen LogP contribution >= 0.6 is 0 Å². The van der Waals surface area contributed by atoms with Gasteiger partial charge >= 0.3 is 0 Å². The van der Waals surface area contributed by atoms with Gasteiger partial charge in [-0.15, -0.1) is 0 Å². The summed E-state index contributed by atoms with van der Waals surface area (Å²) in [7, 11) is 1.75. The maximum Gasteiger partial charge on any atom is 0.239 e. The Hall–Kier alpha value is -1.08. The van der Waals surface area contributed by atoms with Gasteiger partial charge in [0, 0.05) is 20.2 Å². The highest BCUT2D eigenvalue weighted by atomic mass is 16.5. The van der Waals surface area contributed by atoms with Crippen LogP contribution in [0, 0.1) is 23.2 Å². The predicted molar refractivity (Wildman–Crippen MR) is 56.0 cm³/mol. The quantitative estimate of drug-likeness (QED) is 0.699. The van der Waals surface area contributed by atoms with Crippen molar-refractivity contribution >= 4 is 5.91 Å². The molecule has 0 radical (unpaired) electrons. The highest BCUT2D eigenvalue weighted by Crippen LogP contribution is 2.15. The van der Waals surface area contributed by atoms with E-state index < -0.39 is 5.92 Å². The number of rotatable bonds is 3. The number of ether oxygens (including phenoxy) is 1. The van der Waals surface area contributed by atoms with Crippen LogP contribution in [0.15, 0.2) is 0 Å². The fraction of sp³-hybridized carbons (Fsp3) is 0.818. The Balaban J connectivity index is 2.37. The molecule has 1 amide bonds. The molecule has 4 nitrogen and oxygen atoms in total. The lowest BCUT2D eigenvalue weighted by atomic mass is 10.0. The zero-order valence-electron chi connectivity index (χ0n) is 9.40. The largest absolute Gasteiger partial charge is 0.381 e. The molecule has 0 bridgehead atoms. The summed E-state index contributed by atoms with van der Waals surface area (Å²) in [5, 5.41) is 8.64. The van der Waals surface area contributed by atoms with E-state index in [-0.39, 0.29) is 5.91 Å². The second-order valence-corrected chi connectivity index (χ2v) is 4.15.